The molecular weight excluding hydrogens is 492 g/mol. The van der Waals surface area contributed by atoms with E-state index in [1.807, 2.05) is 0 Å². The first-order chi connectivity index (χ1) is 17.7. The Balaban J connectivity index is 1.51. The lowest BCUT2D eigenvalue weighted by Crippen LogP contribution is -2.35. The van der Waals surface area contributed by atoms with Gasteiger partial charge in [-0.2, -0.15) is 13.2 Å². The Hall–Kier alpha value is -3.40. The van der Waals surface area contributed by atoms with Crippen LogP contribution in [0.3, 0.4) is 0 Å². The fourth-order valence-corrected chi connectivity index (χ4v) is 6.00. The average Bonchev–Trinajstić information content (AvgIpc) is 3.63. The highest BCUT2D eigenvalue weighted by Crippen LogP contribution is 2.57. The van der Waals surface area contributed by atoms with Crippen molar-refractivity contribution < 1.29 is 36.6 Å². The van der Waals surface area contributed by atoms with Crippen LogP contribution in [0.2, 0.25) is 0 Å². The van der Waals surface area contributed by atoms with Crippen molar-refractivity contribution in [3.05, 3.63) is 77.6 Å². The van der Waals surface area contributed by atoms with Crippen molar-refractivity contribution in [2.75, 3.05) is 20.8 Å². The molecule has 1 spiro atoms. The topological polar surface area (TPSA) is 62.6 Å². The Morgan fingerprint density at radius 1 is 1.16 bits per heavy atom. The summed E-state index contributed by atoms with van der Waals surface area (Å²) in [6, 6.07) is 10.9. The summed E-state index contributed by atoms with van der Waals surface area (Å²) in [7, 11) is 2.85. The van der Waals surface area contributed by atoms with Gasteiger partial charge >= 0.3 is 12.1 Å². The molecule has 0 amide bonds. The maximum atomic E-state index is 13.7. The van der Waals surface area contributed by atoms with Gasteiger partial charge in [0.05, 0.1) is 32.3 Å². The number of imidazole rings is 1. The number of benzene rings is 2. The van der Waals surface area contributed by atoms with Crippen LogP contribution in [0.1, 0.15) is 48.0 Å². The molecule has 37 heavy (non-hydrogen) atoms. The molecule has 5 rings (SSSR count). The van der Waals surface area contributed by atoms with E-state index in [4.69, 9.17) is 14.2 Å². The number of nitrogens with zero attached hydrogens (tertiary/aromatic N) is 2. The van der Waals surface area contributed by atoms with Gasteiger partial charge in [0.25, 0.3) is 0 Å². The van der Waals surface area contributed by atoms with Crippen LogP contribution in [0.4, 0.5) is 17.6 Å². The van der Waals surface area contributed by atoms with Gasteiger partial charge < -0.3 is 14.2 Å². The first-order valence-electron chi connectivity index (χ1n) is 11.9. The zero-order valence-electron chi connectivity index (χ0n) is 20.3. The first-order valence-corrected chi connectivity index (χ1v) is 11.9. The van der Waals surface area contributed by atoms with E-state index < -0.39 is 23.5 Å². The van der Waals surface area contributed by atoms with Crippen molar-refractivity contribution in [2.24, 2.45) is 5.92 Å². The highest BCUT2D eigenvalue weighted by Gasteiger charge is 2.56. The molecule has 1 unspecified atom stereocenters. The minimum atomic E-state index is -4.61. The highest BCUT2D eigenvalue weighted by molar-refractivity contribution is 5.74. The molecule has 0 N–H and O–H groups in total. The van der Waals surface area contributed by atoms with Crippen molar-refractivity contribution in [1.82, 2.24) is 9.55 Å². The van der Waals surface area contributed by atoms with Crippen LogP contribution in [-0.4, -0.2) is 41.9 Å². The zero-order chi connectivity index (χ0) is 26.4. The highest BCUT2D eigenvalue weighted by atomic mass is 19.4. The summed E-state index contributed by atoms with van der Waals surface area (Å²) in [5, 5.41) is 0. The minimum Gasteiger partial charge on any atom is -0.496 e. The second kappa shape index (κ2) is 9.48. The van der Waals surface area contributed by atoms with Crippen molar-refractivity contribution in [1.29, 1.82) is 0 Å². The van der Waals surface area contributed by atoms with Crippen molar-refractivity contribution in [3.63, 3.8) is 0 Å². The van der Waals surface area contributed by atoms with Crippen molar-refractivity contribution >= 4 is 5.97 Å². The Morgan fingerprint density at radius 2 is 1.92 bits per heavy atom. The maximum absolute atomic E-state index is 13.7. The molecule has 2 heterocycles. The molecule has 2 fully saturated rings. The predicted molar refractivity (Wildman–Crippen MR) is 125 cm³/mol. The molecule has 1 saturated carbocycles. The van der Waals surface area contributed by atoms with Gasteiger partial charge in [-0.3, -0.25) is 9.36 Å². The number of halogens is 4. The van der Waals surface area contributed by atoms with Gasteiger partial charge in [-0.1, -0.05) is 12.1 Å². The molecule has 2 aliphatic rings. The maximum Gasteiger partial charge on any atom is 0.450 e. The number of methoxy groups -OCH3 is 2. The molecule has 1 aliphatic carbocycles. The van der Waals surface area contributed by atoms with Crippen LogP contribution in [-0.2, 0) is 20.4 Å². The molecule has 2 aromatic carbocycles. The second-order valence-electron chi connectivity index (χ2n) is 9.52. The number of hydrogen-bond acceptors (Lipinski definition) is 5. The van der Waals surface area contributed by atoms with Gasteiger partial charge in [-0.05, 0) is 55.2 Å². The second-order valence-corrected chi connectivity index (χ2v) is 9.52. The van der Waals surface area contributed by atoms with Crippen LogP contribution in [0, 0.1) is 11.7 Å². The number of hydrogen-bond donors (Lipinski definition) is 0. The molecule has 1 aliphatic heterocycles. The standard InChI is InChI=1S/C27H26F4N2O4/c1-35-22-8-7-19(33-12-11-32-25(33)27(29,30)31)13-21(22)17-14-26(37-15-17)10-9-20(24(34)36-2)23(26)16-3-5-18(28)6-4-16/h3-8,11-13,17,20,23H,9-10,14-15H2,1-2H3/t17-,20?,23-,26-/m1/s1. The average molecular weight is 519 g/mol. The van der Waals surface area contributed by atoms with Gasteiger partial charge in [0.2, 0.25) is 5.82 Å². The molecule has 196 valence electrons. The van der Waals surface area contributed by atoms with E-state index in [0.717, 1.165) is 16.3 Å². The zero-order valence-corrected chi connectivity index (χ0v) is 20.3. The lowest BCUT2D eigenvalue weighted by atomic mass is 9.76. The van der Waals surface area contributed by atoms with E-state index >= 15 is 0 Å². The van der Waals surface area contributed by atoms with Gasteiger partial charge in [0.15, 0.2) is 0 Å². The van der Waals surface area contributed by atoms with Gasteiger partial charge in [0, 0.05) is 35.5 Å². The first kappa shape index (κ1) is 25.3. The third-order valence-corrected chi connectivity index (χ3v) is 7.57. The van der Waals surface area contributed by atoms with E-state index in [2.05, 4.69) is 4.98 Å². The van der Waals surface area contributed by atoms with Crippen molar-refractivity contribution in [2.45, 2.75) is 42.9 Å². The molecule has 6 nitrogen and oxygen atoms in total. The minimum absolute atomic E-state index is 0.202. The predicted octanol–water partition coefficient (Wildman–Crippen LogP) is 5.65. The quantitative estimate of drug-likeness (QED) is 0.323. The summed E-state index contributed by atoms with van der Waals surface area (Å²) >= 11 is 0. The SMILES string of the molecule is COC(=O)C1CC[C@@]2(C[C@@H](c3cc(-n4ccnc4C(F)(F)F)ccc3OC)CO2)[C@@H]1c1ccc(F)cc1. The third kappa shape index (κ3) is 4.47. The lowest BCUT2D eigenvalue weighted by Gasteiger charge is -2.33. The fraction of sp³-hybridized carbons (Fsp3) is 0.407. The van der Waals surface area contributed by atoms with Crippen molar-refractivity contribution in [3.8, 4) is 11.4 Å². The molecule has 1 aromatic heterocycles. The molecular formula is C27H26F4N2O4. The lowest BCUT2D eigenvalue weighted by molar-refractivity contribution is -0.147. The summed E-state index contributed by atoms with van der Waals surface area (Å²) < 4.78 is 72.2. The summed E-state index contributed by atoms with van der Waals surface area (Å²) in [5.74, 6) is -2.23. The number of rotatable bonds is 5. The number of esters is 1. The Bertz CT molecular complexity index is 1290. The Kier molecular flexibility index (Phi) is 6.47. The molecule has 3 aromatic rings. The van der Waals surface area contributed by atoms with Gasteiger partial charge in [-0.15, -0.1) is 0 Å². The number of carbonyl (C=O) groups excluding carboxylic acids is 1. The number of carbonyl (C=O) groups is 1. The Morgan fingerprint density at radius 3 is 2.59 bits per heavy atom. The van der Waals surface area contributed by atoms with Crippen LogP contribution >= 0.6 is 0 Å². The van der Waals surface area contributed by atoms with E-state index in [-0.39, 0.29) is 23.6 Å². The van der Waals surface area contributed by atoms with E-state index in [1.165, 1.54) is 32.5 Å². The van der Waals surface area contributed by atoms with Crippen LogP contribution < -0.4 is 4.74 Å². The van der Waals surface area contributed by atoms with Crippen LogP contribution in [0.15, 0.2) is 54.9 Å². The third-order valence-electron chi connectivity index (χ3n) is 7.57. The fourth-order valence-electron chi connectivity index (χ4n) is 6.00. The molecule has 1 saturated heterocycles. The Labute approximate surface area is 211 Å². The summed E-state index contributed by atoms with van der Waals surface area (Å²) in [6.07, 6.45) is -0.587. The van der Waals surface area contributed by atoms with Crippen LogP contribution in [0.25, 0.3) is 5.69 Å². The van der Waals surface area contributed by atoms with E-state index in [1.54, 1.807) is 30.3 Å². The largest absolute Gasteiger partial charge is 0.496 e. The number of ether oxygens (including phenoxy) is 3. The normalized spacial score (nSPS) is 25.5. The summed E-state index contributed by atoms with van der Waals surface area (Å²) in [6.45, 7) is 0.293. The van der Waals surface area contributed by atoms with Gasteiger partial charge in [0.1, 0.15) is 11.6 Å². The van der Waals surface area contributed by atoms with Crippen LogP contribution in [0.5, 0.6) is 5.75 Å². The van der Waals surface area contributed by atoms with E-state index in [0.29, 0.717) is 42.9 Å². The molecule has 0 radical (unpaired) electrons. The van der Waals surface area contributed by atoms with Gasteiger partial charge in [-0.25, -0.2) is 9.37 Å². The molecule has 10 heteroatoms. The molecule has 4 atom stereocenters. The van der Waals surface area contributed by atoms with E-state index in [9.17, 15) is 22.4 Å². The summed E-state index contributed by atoms with van der Waals surface area (Å²) in [4.78, 5) is 16.2. The number of alkyl halides is 3. The summed E-state index contributed by atoms with van der Waals surface area (Å²) in [5.41, 5.74) is 1.08. The number of aromatic nitrogens is 2. The smallest absolute Gasteiger partial charge is 0.450 e. The monoisotopic (exact) mass is 518 g/mol. The molecule has 0 bridgehead atoms.